The number of carboxylic acid groups (broad SMARTS) is 1. The molecule has 2 heterocycles. The highest BCUT2D eigenvalue weighted by Gasteiger charge is 2.72. The van der Waals surface area contributed by atoms with Crippen molar-refractivity contribution in [2.24, 2.45) is 56.2 Å². The second-order valence-corrected chi connectivity index (χ2v) is 21.7. The van der Waals surface area contributed by atoms with Crippen molar-refractivity contribution < 1.29 is 33.8 Å². The van der Waals surface area contributed by atoms with E-state index in [2.05, 4.69) is 58.4 Å². The Morgan fingerprint density at radius 1 is 0.946 bits per heavy atom. The van der Waals surface area contributed by atoms with Crippen LogP contribution < -0.4 is 0 Å². The maximum absolute atomic E-state index is 14.3. The molecule has 11 heteroatoms. The fourth-order valence-corrected chi connectivity index (χ4v) is 14.4. The smallest absolute Gasteiger partial charge is 0.411 e. The monoisotopic (exact) mass is 791 g/mol. The normalized spacial score (nSPS) is 39.7. The number of carboxylic acids is 1. The Labute approximate surface area is 337 Å². The fraction of sp³-hybridized carbons (Fsp3) is 0.778. The van der Waals surface area contributed by atoms with Crippen molar-refractivity contribution in [3.05, 3.63) is 34.4 Å². The maximum atomic E-state index is 14.3. The number of ketones is 1. The van der Waals surface area contributed by atoms with E-state index in [4.69, 9.17) is 21.1 Å². The van der Waals surface area contributed by atoms with E-state index < -0.39 is 34.4 Å². The molecule has 0 spiro atoms. The number of halogens is 1. The topological polar surface area (TPSA) is 136 Å². The highest BCUT2D eigenvalue weighted by molar-refractivity contribution is 6.30. The molecule has 8 rings (SSSR count). The summed E-state index contributed by atoms with van der Waals surface area (Å²) in [5.41, 5.74) is -0.290. The van der Waals surface area contributed by atoms with Crippen LogP contribution in [0.2, 0.25) is 5.02 Å². The van der Waals surface area contributed by atoms with Crippen LogP contribution in [0, 0.1) is 56.2 Å². The Bertz CT molecular complexity index is 1890. The Balaban J connectivity index is 1.08. The second kappa shape index (κ2) is 12.7. The van der Waals surface area contributed by atoms with E-state index in [1.807, 2.05) is 4.90 Å². The lowest BCUT2D eigenvalue weighted by molar-refractivity contribution is -0.234. The molecule has 5 saturated carbocycles. The summed E-state index contributed by atoms with van der Waals surface area (Å²) in [5.74, 6) is 0.483. The standard InChI is InChI=1S/C45H62ClN3O7/c1-25(2)34-28(50)20-44(32-24-49(38(54)56-32)45(18-19-45)36-47-22-26(46)23-48-36)17-16-42(8)27(35(34)44)10-11-30-41(7)14-13-31(55-33(51)21-39(3,4)37(52)53)40(5,6)29(41)12-15-43(30,42)9/h22-23,25,27,29-32H,10-21,24H2,1-9H3,(H,52,53)/t27-,29+,30-,31+,32?,41+,42-,43-,44+/m1/s1. The number of hydrogen-bond donors (Lipinski definition) is 1. The Hall–Kier alpha value is -3.01. The molecule has 1 unspecified atom stereocenters. The number of cyclic esters (lactones) is 1. The first kappa shape index (κ1) is 39.8. The Kier molecular flexibility index (Phi) is 9.06. The quantitative estimate of drug-likeness (QED) is 0.256. The van der Waals surface area contributed by atoms with Gasteiger partial charge in [0.25, 0.3) is 0 Å². The number of nitrogens with zero attached hydrogens (tertiary/aromatic N) is 3. The van der Waals surface area contributed by atoms with Crippen LogP contribution in [0.15, 0.2) is 23.5 Å². The molecular weight excluding hydrogens is 730 g/mol. The van der Waals surface area contributed by atoms with Gasteiger partial charge in [-0.3, -0.25) is 19.3 Å². The van der Waals surface area contributed by atoms with Gasteiger partial charge in [0, 0.05) is 29.6 Å². The summed E-state index contributed by atoms with van der Waals surface area (Å²) < 4.78 is 12.6. The first-order chi connectivity index (χ1) is 26.1. The van der Waals surface area contributed by atoms with Crippen molar-refractivity contribution in [2.75, 3.05) is 6.54 Å². The summed E-state index contributed by atoms with van der Waals surface area (Å²) in [6.45, 7) is 20.0. The fourth-order valence-electron chi connectivity index (χ4n) is 14.3. The summed E-state index contributed by atoms with van der Waals surface area (Å²) >= 11 is 6.13. The Morgan fingerprint density at radius 2 is 1.62 bits per heavy atom. The van der Waals surface area contributed by atoms with Crippen LogP contribution in [-0.2, 0) is 29.4 Å². The number of hydrogen-bond acceptors (Lipinski definition) is 8. The number of ether oxygens (including phenoxy) is 2. The van der Waals surface area contributed by atoms with Gasteiger partial charge in [0.05, 0.1) is 23.4 Å². The number of aromatic nitrogens is 2. The van der Waals surface area contributed by atoms with Crippen LogP contribution in [0.1, 0.15) is 145 Å². The van der Waals surface area contributed by atoms with Gasteiger partial charge in [0.15, 0.2) is 11.6 Å². The third kappa shape index (κ3) is 5.44. The largest absolute Gasteiger partial charge is 0.481 e. The number of fused-ring (bicyclic) bond motifs is 7. The van der Waals surface area contributed by atoms with Crippen molar-refractivity contribution in [3.8, 4) is 0 Å². The van der Waals surface area contributed by atoms with Gasteiger partial charge >= 0.3 is 18.0 Å². The third-order valence-corrected chi connectivity index (χ3v) is 17.8. The van der Waals surface area contributed by atoms with Gasteiger partial charge in [0.2, 0.25) is 0 Å². The molecule has 1 aromatic rings. The molecule has 10 nitrogen and oxygen atoms in total. The van der Waals surface area contributed by atoms with Crippen molar-refractivity contribution in [1.82, 2.24) is 14.9 Å². The van der Waals surface area contributed by atoms with Crippen LogP contribution in [-0.4, -0.2) is 62.5 Å². The zero-order valence-corrected chi connectivity index (χ0v) is 35.7. The Morgan fingerprint density at radius 3 is 2.25 bits per heavy atom. The van der Waals surface area contributed by atoms with Crippen molar-refractivity contribution in [3.63, 3.8) is 0 Å². The molecule has 9 atom stereocenters. The van der Waals surface area contributed by atoms with Gasteiger partial charge in [-0.1, -0.05) is 60.1 Å². The van der Waals surface area contributed by atoms with Crippen LogP contribution >= 0.6 is 11.6 Å². The van der Waals surface area contributed by atoms with Crippen LogP contribution in [0.25, 0.3) is 0 Å². The molecular formula is C45H62ClN3O7. The zero-order valence-electron chi connectivity index (χ0n) is 34.9. The average Bonchev–Trinajstić information content (AvgIpc) is 3.71. The van der Waals surface area contributed by atoms with E-state index in [1.165, 1.54) is 5.57 Å². The first-order valence-corrected chi connectivity index (χ1v) is 21.6. The van der Waals surface area contributed by atoms with E-state index in [-0.39, 0.29) is 57.9 Å². The molecule has 0 aromatic carbocycles. The molecule has 1 saturated heterocycles. The second-order valence-electron chi connectivity index (χ2n) is 21.3. The van der Waals surface area contributed by atoms with Gasteiger partial charge in [-0.05, 0) is 129 Å². The van der Waals surface area contributed by atoms with Crippen molar-refractivity contribution in [2.45, 2.75) is 157 Å². The summed E-state index contributed by atoms with van der Waals surface area (Å²) in [6.07, 6.45) is 11.6. The van der Waals surface area contributed by atoms with E-state index >= 15 is 0 Å². The van der Waals surface area contributed by atoms with E-state index in [1.54, 1.807) is 26.2 Å². The maximum Gasteiger partial charge on any atom is 0.411 e. The summed E-state index contributed by atoms with van der Waals surface area (Å²) in [6, 6.07) is 0. The molecule has 1 N–H and O–H groups in total. The van der Waals surface area contributed by atoms with Crippen molar-refractivity contribution in [1.29, 1.82) is 0 Å². The third-order valence-electron chi connectivity index (χ3n) is 17.6. The number of aliphatic carboxylic acids is 1. The molecule has 0 bridgehead atoms. The predicted molar refractivity (Wildman–Crippen MR) is 210 cm³/mol. The number of carbonyl (C=O) groups is 4. The van der Waals surface area contributed by atoms with E-state index in [0.29, 0.717) is 35.6 Å². The number of amides is 1. The van der Waals surface area contributed by atoms with Gasteiger partial charge in [0.1, 0.15) is 17.7 Å². The molecule has 1 aromatic heterocycles. The molecule has 1 amide bonds. The van der Waals surface area contributed by atoms with Gasteiger partial charge in [-0.2, -0.15) is 0 Å². The van der Waals surface area contributed by atoms with Gasteiger partial charge in [-0.15, -0.1) is 0 Å². The SMILES string of the molecule is CC(C)C1=C2[C@H]3CC[C@@H]4[C@@]5(C)CC[C@H](OC(=O)CC(C)(C)C(=O)O)C(C)(C)[C@@H]5CC[C@@]4(C)[C@]3(C)CC[C@@]2(C2CN(C3(c4ncc(Cl)cn4)CC3)C(=O)O2)CC1=O. The molecule has 306 valence electrons. The highest BCUT2D eigenvalue weighted by Crippen LogP contribution is 2.77. The van der Waals surface area contributed by atoms with Crippen LogP contribution in [0.3, 0.4) is 0 Å². The molecule has 56 heavy (non-hydrogen) atoms. The number of esters is 1. The van der Waals surface area contributed by atoms with Crippen LogP contribution in [0.5, 0.6) is 0 Å². The summed E-state index contributed by atoms with van der Waals surface area (Å²) in [7, 11) is 0. The molecule has 7 aliphatic rings. The van der Waals surface area contributed by atoms with E-state index in [9.17, 15) is 24.3 Å². The van der Waals surface area contributed by atoms with Gasteiger partial charge in [-0.25, -0.2) is 14.8 Å². The minimum Gasteiger partial charge on any atom is -0.481 e. The average molecular weight is 792 g/mol. The zero-order chi connectivity index (χ0) is 40.6. The number of rotatable bonds is 8. The van der Waals surface area contributed by atoms with Crippen LogP contribution in [0.4, 0.5) is 4.79 Å². The van der Waals surface area contributed by atoms with E-state index in [0.717, 1.165) is 69.8 Å². The number of carbonyl (C=O) groups excluding carboxylic acids is 3. The number of allylic oxidation sites excluding steroid dienone is 1. The molecule has 1 aliphatic heterocycles. The summed E-state index contributed by atoms with van der Waals surface area (Å²) in [4.78, 5) is 64.1. The lowest BCUT2D eigenvalue weighted by atomic mass is 9.33. The number of Topliss-reactive ketones (excluding diaryl/α,β-unsaturated/α-hetero) is 1. The lowest BCUT2D eigenvalue weighted by Crippen LogP contribution is -2.66. The molecule has 6 aliphatic carbocycles. The van der Waals surface area contributed by atoms with Gasteiger partial charge < -0.3 is 14.6 Å². The molecule has 6 fully saturated rings. The highest BCUT2D eigenvalue weighted by atomic mass is 35.5. The molecule has 0 radical (unpaired) electrons. The lowest BCUT2D eigenvalue weighted by Gasteiger charge is -2.72. The summed E-state index contributed by atoms with van der Waals surface area (Å²) in [5, 5.41) is 10.1. The predicted octanol–water partition coefficient (Wildman–Crippen LogP) is 9.33. The first-order valence-electron chi connectivity index (χ1n) is 21.2. The minimum absolute atomic E-state index is 0.0154. The van der Waals surface area contributed by atoms with Crippen molar-refractivity contribution >= 4 is 35.4 Å². The minimum atomic E-state index is -1.18.